The lowest BCUT2D eigenvalue weighted by molar-refractivity contribution is -0.158. The van der Waals surface area contributed by atoms with E-state index in [0.717, 1.165) is 6.29 Å². The van der Waals surface area contributed by atoms with E-state index in [-0.39, 0.29) is 11.6 Å². The van der Waals surface area contributed by atoms with Crippen molar-refractivity contribution in [1.82, 2.24) is 4.90 Å². The highest BCUT2D eigenvalue weighted by atomic mass is 28.4. The number of carbonyl (C=O) groups is 2. The minimum absolute atomic E-state index is 0.0836. The molecule has 32 heavy (non-hydrogen) atoms. The zero-order chi connectivity index (χ0) is 24.9. The van der Waals surface area contributed by atoms with Crippen LogP contribution in [0.2, 0.25) is 18.1 Å². The molecule has 2 aliphatic heterocycles. The summed E-state index contributed by atoms with van der Waals surface area (Å²) >= 11 is 0. The molecule has 4 atom stereocenters. The van der Waals surface area contributed by atoms with Gasteiger partial charge in [0.1, 0.15) is 35.9 Å². The maximum Gasteiger partial charge on any atom is 0.412 e. The number of rotatable bonds is 5. The van der Waals surface area contributed by atoms with Crippen LogP contribution < -0.4 is 0 Å². The summed E-state index contributed by atoms with van der Waals surface area (Å²) in [5.74, 6) is -0.945. The fourth-order valence-electron chi connectivity index (χ4n) is 3.80. The maximum absolute atomic E-state index is 13.1. The van der Waals surface area contributed by atoms with Crippen LogP contribution in [0.4, 0.5) is 4.79 Å². The SMILES string of the molecule is CC(C)(C)OC(=O)N1[C@H]([C@@H]2OC(C)(C)O[C@H]2[C@@H](C=O)O[Si](C)(C)C(C)(C)C)COC1(C)C. The quantitative estimate of drug-likeness (QED) is 0.430. The molecular weight excluding hydrogens is 430 g/mol. The molecule has 0 aliphatic carbocycles. The molecule has 9 heteroatoms. The Morgan fingerprint density at radius 2 is 1.66 bits per heavy atom. The molecule has 1 amide bonds. The summed E-state index contributed by atoms with van der Waals surface area (Å²) in [5.41, 5.74) is -1.56. The molecule has 2 heterocycles. The van der Waals surface area contributed by atoms with Crippen molar-refractivity contribution in [3.63, 3.8) is 0 Å². The molecule has 0 bridgehead atoms. The van der Waals surface area contributed by atoms with Crippen LogP contribution in [0.3, 0.4) is 0 Å². The molecule has 0 unspecified atom stereocenters. The summed E-state index contributed by atoms with van der Waals surface area (Å²) in [6.45, 7) is 23.5. The minimum atomic E-state index is -2.27. The molecule has 0 aromatic heterocycles. The molecule has 0 radical (unpaired) electrons. The zero-order valence-corrected chi connectivity index (χ0v) is 22.9. The van der Waals surface area contributed by atoms with Crippen molar-refractivity contribution in [2.45, 2.75) is 129 Å². The minimum Gasteiger partial charge on any atom is -0.444 e. The number of carbonyl (C=O) groups excluding carboxylic acids is 2. The summed E-state index contributed by atoms with van der Waals surface area (Å²) in [4.78, 5) is 26.9. The van der Waals surface area contributed by atoms with Gasteiger partial charge in [-0.1, -0.05) is 20.8 Å². The van der Waals surface area contributed by atoms with Crippen LogP contribution in [0.1, 0.15) is 69.2 Å². The molecule has 8 nitrogen and oxygen atoms in total. The number of hydrogen-bond donors (Lipinski definition) is 0. The van der Waals surface area contributed by atoms with Crippen LogP contribution in [-0.4, -0.2) is 73.7 Å². The first kappa shape index (κ1) is 27.2. The summed E-state index contributed by atoms with van der Waals surface area (Å²) in [5, 5.41) is -0.0836. The first-order valence-corrected chi connectivity index (χ1v) is 14.3. The number of amides is 1. The summed E-state index contributed by atoms with van der Waals surface area (Å²) in [6.07, 6.45) is -1.85. The fourth-order valence-corrected chi connectivity index (χ4v) is 5.02. The van der Waals surface area contributed by atoms with Gasteiger partial charge in [0, 0.05) is 0 Å². The molecule has 0 aromatic carbocycles. The predicted octanol–water partition coefficient (Wildman–Crippen LogP) is 4.47. The zero-order valence-electron chi connectivity index (χ0n) is 21.9. The lowest BCUT2D eigenvalue weighted by atomic mass is 10.0. The van der Waals surface area contributed by atoms with Gasteiger partial charge >= 0.3 is 6.09 Å². The van der Waals surface area contributed by atoms with Crippen molar-refractivity contribution < 1.29 is 33.0 Å². The third kappa shape index (κ3) is 5.91. The molecule has 0 saturated carbocycles. The summed E-state index contributed by atoms with van der Waals surface area (Å²) in [7, 11) is -2.27. The van der Waals surface area contributed by atoms with E-state index < -0.39 is 55.9 Å². The first-order valence-electron chi connectivity index (χ1n) is 11.4. The average molecular weight is 474 g/mol. The van der Waals surface area contributed by atoms with Crippen molar-refractivity contribution in [3.8, 4) is 0 Å². The Kier molecular flexibility index (Phi) is 7.36. The van der Waals surface area contributed by atoms with Gasteiger partial charge in [-0.3, -0.25) is 4.90 Å². The molecule has 186 valence electrons. The smallest absolute Gasteiger partial charge is 0.412 e. The Bertz CT molecular complexity index is 708. The highest BCUT2D eigenvalue weighted by Gasteiger charge is 2.57. The van der Waals surface area contributed by atoms with Crippen LogP contribution >= 0.6 is 0 Å². The number of aldehydes is 1. The lowest BCUT2D eigenvalue weighted by Gasteiger charge is -2.41. The Hall–Kier alpha value is -1.00. The van der Waals surface area contributed by atoms with Gasteiger partial charge in [-0.15, -0.1) is 0 Å². The van der Waals surface area contributed by atoms with Gasteiger partial charge in [0.05, 0.1) is 12.6 Å². The van der Waals surface area contributed by atoms with E-state index in [9.17, 15) is 9.59 Å². The second kappa shape index (κ2) is 8.65. The monoisotopic (exact) mass is 473 g/mol. The molecule has 2 rings (SSSR count). The Balaban J connectivity index is 2.39. The van der Waals surface area contributed by atoms with E-state index in [4.69, 9.17) is 23.4 Å². The van der Waals surface area contributed by atoms with Crippen LogP contribution in [0.25, 0.3) is 0 Å². The lowest BCUT2D eigenvalue weighted by Crippen LogP contribution is -2.58. The highest BCUT2D eigenvalue weighted by Crippen LogP contribution is 2.42. The second-order valence-electron chi connectivity index (χ2n) is 12.2. The van der Waals surface area contributed by atoms with E-state index in [0.29, 0.717) is 0 Å². The predicted molar refractivity (Wildman–Crippen MR) is 124 cm³/mol. The van der Waals surface area contributed by atoms with Crippen molar-refractivity contribution in [2.24, 2.45) is 0 Å². The Morgan fingerprint density at radius 3 is 2.12 bits per heavy atom. The van der Waals surface area contributed by atoms with Gasteiger partial charge in [-0.05, 0) is 66.6 Å². The summed E-state index contributed by atoms with van der Waals surface area (Å²) < 4.78 is 30.5. The second-order valence-corrected chi connectivity index (χ2v) is 17.0. The average Bonchev–Trinajstić information content (AvgIpc) is 3.05. The molecular formula is C23H43NO7Si. The van der Waals surface area contributed by atoms with Gasteiger partial charge < -0.3 is 28.2 Å². The molecule has 2 saturated heterocycles. The third-order valence-corrected chi connectivity index (χ3v) is 10.8. The van der Waals surface area contributed by atoms with Gasteiger partial charge in [0.15, 0.2) is 14.1 Å². The van der Waals surface area contributed by atoms with Crippen molar-refractivity contribution in [2.75, 3.05) is 6.61 Å². The number of hydrogen-bond acceptors (Lipinski definition) is 7. The fraction of sp³-hybridized carbons (Fsp3) is 0.913. The van der Waals surface area contributed by atoms with E-state index in [2.05, 4.69) is 33.9 Å². The van der Waals surface area contributed by atoms with Crippen molar-refractivity contribution >= 4 is 20.7 Å². The Morgan fingerprint density at radius 1 is 1.09 bits per heavy atom. The molecule has 0 N–H and O–H groups in total. The van der Waals surface area contributed by atoms with Crippen LogP contribution in [-0.2, 0) is 28.2 Å². The van der Waals surface area contributed by atoms with E-state index in [1.807, 2.05) is 34.6 Å². The Labute approximate surface area is 194 Å². The van der Waals surface area contributed by atoms with Gasteiger partial charge in [0.25, 0.3) is 0 Å². The van der Waals surface area contributed by atoms with E-state index in [1.165, 1.54) is 0 Å². The molecule has 0 spiro atoms. The topological polar surface area (TPSA) is 83.5 Å². The van der Waals surface area contributed by atoms with E-state index in [1.54, 1.807) is 18.7 Å². The van der Waals surface area contributed by atoms with Crippen LogP contribution in [0, 0.1) is 0 Å². The van der Waals surface area contributed by atoms with Crippen LogP contribution in [0.5, 0.6) is 0 Å². The van der Waals surface area contributed by atoms with Gasteiger partial charge in [0.2, 0.25) is 0 Å². The van der Waals surface area contributed by atoms with Crippen LogP contribution in [0.15, 0.2) is 0 Å². The van der Waals surface area contributed by atoms with E-state index >= 15 is 0 Å². The highest BCUT2D eigenvalue weighted by molar-refractivity contribution is 6.74. The largest absolute Gasteiger partial charge is 0.444 e. The third-order valence-electron chi connectivity index (χ3n) is 6.35. The number of ether oxygens (including phenoxy) is 4. The van der Waals surface area contributed by atoms with Gasteiger partial charge in [-0.2, -0.15) is 0 Å². The van der Waals surface area contributed by atoms with Crippen molar-refractivity contribution in [1.29, 1.82) is 0 Å². The van der Waals surface area contributed by atoms with Crippen molar-refractivity contribution in [3.05, 3.63) is 0 Å². The molecule has 2 fully saturated rings. The maximum atomic E-state index is 13.1. The van der Waals surface area contributed by atoms with Gasteiger partial charge in [-0.25, -0.2) is 4.79 Å². The summed E-state index contributed by atoms with van der Waals surface area (Å²) in [6, 6.07) is -0.503. The molecule has 2 aliphatic rings. The normalized spacial score (nSPS) is 29.1. The molecule has 0 aromatic rings. The standard InChI is InChI=1S/C23H43NO7Si/c1-20(2,3)30-19(26)24-15(14-27-22(24,7)8)17-18(29-23(9,10)28-17)16(13-25)31-32(11,12)21(4,5)6/h13,15-18H,14H2,1-12H3/t15-,16+,17-,18-/m0/s1. The first-order chi connectivity index (χ1) is 14.2. The number of nitrogens with zero attached hydrogens (tertiary/aromatic N) is 1.